The van der Waals surface area contributed by atoms with Gasteiger partial charge in [-0.05, 0) is 36.4 Å². The van der Waals surface area contributed by atoms with E-state index >= 15 is 0 Å². The van der Waals surface area contributed by atoms with Gasteiger partial charge in [0.05, 0.1) is 19.4 Å². The highest BCUT2D eigenvalue weighted by Crippen LogP contribution is 2.23. The summed E-state index contributed by atoms with van der Waals surface area (Å²) in [7, 11) is 1.32. The van der Waals surface area contributed by atoms with E-state index in [2.05, 4.69) is 10.1 Å². The maximum Gasteiger partial charge on any atom is 0.350 e. The van der Waals surface area contributed by atoms with Crippen molar-refractivity contribution in [3.8, 4) is 5.75 Å². The van der Waals surface area contributed by atoms with Crippen molar-refractivity contribution in [1.82, 2.24) is 0 Å². The molecule has 1 amide bonds. The maximum absolute atomic E-state index is 11.9. The molecule has 0 atom stereocenters. The second kappa shape index (κ2) is 8.33. The first kappa shape index (κ1) is 17.0. The number of anilines is 1. The normalized spacial score (nSPS) is 10.2. The molecule has 0 saturated heterocycles. The van der Waals surface area contributed by atoms with Crippen LogP contribution >= 0.6 is 11.3 Å². The van der Waals surface area contributed by atoms with Crippen LogP contribution in [0.3, 0.4) is 0 Å². The second-order valence-electron chi connectivity index (χ2n) is 4.92. The molecule has 0 saturated carbocycles. The van der Waals surface area contributed by atoms with Crippen molar-refractivity contribution in [3.05, 3.63) is 46.2 Å². The molecular weight excluding hydrogens is 314 g/mol. The van der Waals surface area contributed by atoms with Crippen molar-refractivity contribution in [2.45, 2.75) is 19.8 Å². The summed E-state index contributed by atoms with van der Waals surface area (Å²) in [6.45, 7) is 2.44. The number of hydrogen-bond acceptors (Lipinski definition) is 5. The number of carbonyl (C=O) groups is 2. The Bertz CT molecular complexity index is 681. The number of ether oxygens (including phenoxy) is 2. The van der Waals surface area contributed by atoms with Crippen molar-refractivity contribution in [1.29, 1.82) is 0 Å². The number of esters is 1. The van der Waals surface area contributed by atoms with Crippen LogP contribution < -0.4 is 10.1 Å². The van der Waals surface area contributed by atoms with Gasteiger partial charge in [-0.15, -0.1) is 11.3 Å². The van der Waals surface area contributed by atoms with Crippen LogP contribution in [0.15, 0.2) is 35.7 Å². The molecule has 23 heavy (non-hydrogen) atoms. The third-order valence-electron chi connectivity index (χ3n) is 3.21. The minimum Gasteiger partial charge on any atom is -0.493 e. The molecule has 1 N–H and O–H groups in total. The van der Waals surface area contributed by atoms with Crippen LogP contribution in [0.2, 0.25) is 0 Å². The summed E-state index contributed by atoms with van der Waals surface area (Å²) in [5.41, 5.74) is 1.56. The van der Waals surface area contributed by atoms with Gasteiger partial charge in [-0.2, -0.15) is 0 Å². The molecule has 2 rings (SSSR count). The van der Waals surface area contributed by atoms with Gasteiger partial charge in [0, 0.05) is 6.42 Å². The average molecular weight is 333 g/mol. The fourth-order valence-electron chi connectivity index (χ4n) is 2.00. The van der Waals surface area contributed by atoms with E-state index in [-0.39, 0.29) is 5.91 Å². The summed E-state index contributed by atoms with van der Waals surface area (Å²) in [4.78, 5) is 23.9. The Morgan fingerprint density at radius 2 is 2.00 bits per heavy atom. The van der Waals surface area contributed by atoms with Gasteiger partial charge in [-0.3, -0.25) is 4.79 Å². The average Bonchev–Trinajstić information content (AvgIpc) is 3.00. The number of methoxy groups -OCH3 is 1. The number of rotatable bonds is 7. The minimum absolute atomic E-state index is 0.151. The van der Waals surface area contributed by atoms with Crippen LogP contribution in [-0.4, -0.2) is 25.6 Å². The summed E-state index contributed by atoms with van der Waals surface area (Å²) in [6, 6.07) is 9.45. The summed E-state index contributed by atoms with van der Waals surface area (Å²) < 4.78 is 10.3. The van der Waals surface area contributed by atoms with Gasteiger partial charge in [-0.1, -0.05) is 18.2 Å². The zero-order chi connectivity index (χ0) is 16.7. The molecule has 122 valence electrons. The Kier molecular flexibility index (Phi) is 6.17. The number of thiophene rings is 1. The minimum atomic E-state index is -0.446. The summed E-state index contributed by atoms with van der Waals surface area (Å²) >= 11 is 1.24. The summed E-state index contributed by atoms with van der Waals surface area (Å²) in [5, 5.41) is 4.47. The Hall–Kier alpha value is -2.34. The first-order valence-electron chi connectivity index (χ1n) is 7.26. The standard InChI is InChI=1S/C17H19NO4S/c1-12-6-3-4-7-14(12)22-10-5-8-15(19)18-13-9-11-23-16(13)17(20)21-2/h3-4,6-7,9,11H,5,8,10H2,1-2H3,(H,18,19). The van der Waals surface area contributed by atoms with Gasteiger partial charge in [0.1, 0.15) is 10.6 Å². The van der Waals surface area contributed by atoms with E-state index in [1.807, 2.05) is 31.2 Å². The molecule has 6 heteroatoms. The van der Waals surface area contributed by atoms with Crippen molar-refractivity contribution in [2.75, 3.05) is 19.0 Å². The molecule has 0 unspecified atom stereocenters. The van der Waals surface area contributed by atoms with E-state index in [0.717, 1.165) is 11.3 Å². The lowest BCUT2D eigenvalue weighted by Crippen LogP contribution is -2.14. The number of aryl methyl sites for hydroxylation is 1. The molecule has 1 aromatic carbocycles. The molecular formula is C17H19NO4S. The number of amides is 1. The molecule has 0 bridgehead atoms. The second-order valence-corrected chi connectivity index (χ2v) is 5.84. The lowest BCUT2D eigenvalue weighted by Gasteiger charge is -2.09. The number of carbonyl (C=O) groups excluding carboxylic acids is 2. The van der Waals surface area contributed by atoms with E-state index in [1.165, 1.54) is 18.4 Å². The van der Waals surface area contributed by atoms with Crippen LogP contribution in [0.4, 0.5) is 5.69 Å². The van der Waals surface area contributed by atoms with Crippen molar-refractivity contribution in [2.24, 2.45) is 0 Å². The number of hydrogen-bond donors (Lipinski definition) is 1. The highest BCUT2D eigenvalue weighted by molar-refractivity contribution is 7.12. The Balaban J connectivity index is 1.77. The Morgan fingerprint density at radius 3 is 2.74 bits per heavy atom. The molecule has 2 aromatic rings. The lowest BCUT2D eigenvalue weighted by atomic mass is 10.2. The lowest BCUT2D eigenvalue weighted by molar-refractivity contribution is -0.116. The van der Waals surface area contributed by atoms with E-state index in [9.17, 15) is 9.59 Å². The van der Waals surface area contributed by atoms with Gasteiger partial charge in [0.2, 0.25) is 5.91 Å². The number of benzene rings is 1. The summed E-state index contributed by atoms with van der Waals surface area (Å²) in [6.07, 6.45) is 0.917. The van der Waals surface area contributed by atoms with Crippen LogP contribution in [-0.2, 0) is 9.53 Å². The molecule has 0 aliphatic carbocycles. The molecule has 0 aliphatic heterocycles. The van der Waals surface area contributed by atoms with Crippen LogP contribution in [0.1, 0.15) is 28.1 Å². The van der Waals surface area contributed by atoms with E-state index in [1.54, 1.807) is 11.4 Å². The van der Waals surface area contributed by atoms with Gasteiger partial charge in [0.25, 0.3) is 0 Å². The zero-order valence-corrected chi connectivity index (χ0v) is 13.9. The SMILES string of the molecule is COC(=O)c1sccc1NC(=O)CCCOc1ccccc1C. The van der Waals surface area contributed by atoms with Gasteiger partial charge in [-0.25, -0.2) is 4.79 Å². The first-order chi connectivity index (χ1) is 11.1. The van der Waals surface area contributed by atoms with Gasteiger partial charge >= 0.3 is 5.97 Å². The molecule has 0 fully saturated rings. The van der Waals surface area contributed by atoms with Gasteiger partial charge < -0.3 is 14.8 Å². The number of nitrogens with one attached hydrogen (secondary N) is 1. The third kappa shape index (κ3) is 4.82. The van der Waals surface area contributed by atoms with Crippen molar-refractivity contribution in [3.63, 3.8) is 0 Å². The van der Waals surface area contributed by atoms with Crippen LogP contribution in [0.5, 0.6) is 5.75 Å². The molecule has 1 aromatic heterocycles. The monoisotopic (exact) mass is 333 g/mol. The topological polar surface area (TPSA) is 64.6 Å². The van der Waals surface area contributed by atoms with E-state index < -0.39 is 5.97 Å². The predicted molar refractivity (Wildman–Crippen MR) is 90.2 cm³/mol. The highest BCUT2D eigenvalue weighted by atomic mass is 32.1. The maximum atomic E-state index is 11.9. The van der Waals surface area contributed by atoms with E-state index in [4.69, 9.17) is 4.74 Å². The molecule has 0 spiro atoms. The largest absolute Gasteiger partial charge is 0.493 e. The Morgan fingerprint density at radius 1 is 1.22 bits per heavy atom. The third-order valence-corrected chi connectivity index (χ3v) is 4.10. The quantitative estimate of drug-likeness (QED) is 0.620. The van der Waals surface area contributed by atoms with Crippen molar-refractivity contribution >= 4 is 28.9 Å². The molecule has 5 nitrogen and oxygen atoms in total. The zero-order valence-electron chi connectivity index (χ0n) is 13.1. The smallest absolute Gasteiger partial charge is 0.350 e. The molecule has 1 heterocycles. The summed E-state index contributed by atoms with van der Waals surface area (Å²) in [5.74, 6) is 0.235. The fraction of sp³-hybridized carbons (Fsp3) is 0.294. The van der Waals surface area contributed by atoms with E-state index in [0.29, 0.717) is 30.0 Å². The van der Waals surface area contributed by atoms with Gasteiger partial charge in [0.15, 0.2) is 0 Å². The van der Waals surface area contributed by atoms with Crippen molar-refractivity contribution < 1.29 is 19.1 Å². The molecule has 0 radical (unpaired) electrons. The molecule has 0 aliphatic rings. The van der Waals surface area contributed by atoms with Crippen LogP contribution in [0, 0.1) is 6.92 Å². The Labute approximate surface area is 139 Å². The van der Waals surface area contributed by atoms with Crippen LogP contribution in [0.25, 0.3) is 0 Å². The fourth-order valence-corrected chi connectivity index (χ4v) is 2.77. The predicted octanol–water partition coefficient (Wildman–Crippen LogP) is 3.64. The number of para-hydroxylation sites is 1. The first-order valence-corrected chi connectivity index (χ1v) is 8.14. The highest BCUT2D eigenvalue weighted by Gasteiger charge is 2.15.